The monoisotopic (exact) mass is 222 g/mol. The number of aromatic hydroxyl groups is 1. The summed E-state index contributed by atoms with van der Waals surface area (Å²) in [5, 5.41) is 9.14. The van der Waals surface area contributed by atoms with Crippen LogP contribution < -0.4 is 0 Å². The summed E-state index contributed by atoms with van der Waals surface area (Å²) in [7, 11) is 1.75. The maximum atomic E-state index is 9.14. The molecule has 4 heteroatoms. The summed E-state index contributed by atoms with van der Waals surface area (Å²) >= 11 is 0. The molecule has 2 heterocycles. The summed E-state index contributed by atoms with van der Waals surface area (Å²) in [6.07, 6.45) is 2.70. The molecular formula is C12H18N2O2. The van der Waals surface area contributed by atoms with Gasteiger partial charge in [0.1, 0.15) is 5.75 Å². The molecule has 0 amide bonds. The molecule has 1 aliphatic heterocycles. The first-order valence-corrected chi connectivity index (χ1v) is 5.63. The molecule has 1 atom stereocenters. The molecule has 0 radical (unpaired) electrons. The van der Waals surface area contributed by atoms with E-state index >= 15 is 0 Å². The number of ether oxygens (including phenoxy) is 1. The Hall–Kier alpha value is -1.13. The number of pyridine rings is 1. The van der Waals surface area contributed by atoms with Gasteiger partial charge in [-0.15, -0.1) is 0 Å². The summed E-state index contributed by atoms with van der Waals surface area (Å²) in [4.78, 5) is 6.57. The molecule has 0 spiro atoms. The highest BCUT2D eigenvalue weighted by Gasteiger charge is 2.22. The van der Waals surface area contributed by atoms with Gasteiger partial charge in [0.05, 0.1) is 18.5 Å². The Bertz CT molecular complexity index is 326. The van der Waals surface area contributed by atoms with Crippen molar-refractivity contribution in [2.24, 2.45) is 5.92 Å². The van der Waals surface area contributed by atoms with Gasteiger partial charge < -0.3 is 9.84 Å². The largest absolute Gasteiger partial charge is 0.506 e. The summed E-state index contributed by atoms with van der Waals surface area (Å²) < 4.78 is 5.16. The fourth-order valence-corrected chi connectivity index (χ4v) is 2.17. The van der Waals surface area contributed by atoms with E-state index in [4.69, 9.17) is 9.84 Å². The molecule has 1 N–H and O–H groups in total. The van der Waals surface area contributed by atoms with E-state index in [9.17, 15) is 0 Å². The van der Waals surface area contributed by atoms with Crippen molar-refractivity contribution >= 4 is 0 Å². The zero-order valence-corrected chi connectivity index (χ0v) is 9.59. The smallest absolute Gasteiger partial charge is 0.133 e. The van der Waals surface area contributed by atoms with E-state index in [2.05, 4.69) is 9.88 Å². The van der Waals surface area contributed by atoms with Crippen LogP contribution in [0.5, 0.6) is 5.75 Å². The molecule has 0 saturated carbocycles. The second-order valence-electron chi connectivity index (χ2n) is 4.35. The van der Waals surface area contributed by atoms with E-state index in [1.807, 2.05) is 6.07 Å². The molecule has 0 bridgehead atoms. The second-order valence-corrected chi connectivity index (χ2v) is 4.35. The topological polar surface area (TPSA) is 45.6 Å². The van der Waals surface area contributed by atoms with E-state index in [1.165, 1.54) is 12.6 Å². The normalized spacial score (nSPS) is 21.4. The maximum absolute atomic E-state index is 9.14. The average Bonchev–Trinajstić information content (AvgIpc) is 2.70. The summed E-state index contributed by atoms with van der Waals surface area (Å²) in [5.41, 5.74) is 1.01. The third-order valence-corrected chi connectivity index (χ3v) is 2.97. The van der Waals surface area contributed by atoms with Crippen LogP contribution in [-0.2, 0) is 11.3 Å². The van der Waals surface area contributed by atoms with Crippen LogP contribution in [-0.4, -0.2) is 41.8 Å². The number of rotatable bonds is 4. The van der Waals surface area contributed by atoms with Crippen molar-refractivity contribution in [3.63, 3.8) is 0 Å². The highest BCUT2D eigenvalue weighted by molar-refractivity contribution is 5.17. The van der Waals surface area contributed by atoms with Crippen LogP contribution in [0.25, 0.3) is 0 Å². The Morgan fingerprint density at radius 1 is 1.56 bits per heavy atom. The number of likely N-dealkylation sites (tertiary alicyclic amines) is 1. The van der Waals surface area contributed by atoms with Gasteiger partial charge >= 0.3 is 0 Å². The van der Waals surface area contributed by atoms with Crippen molar-refractivity contribution in [2.45, 2.75) is 13.0 Å². The van der Waals surface area contributed by atoms with Gasteiger partial charge in [0.2, 0.25) is 0 Å². The number of nitrogens with zero attached hydrogens (tertiary/aromatic N) is 2. The predicted octanol–water partition coefficient (Wildman–Crippen LogP) is 1.26. The molecular weight excluding hydrogens is 204 g/mol. The predicted molar refractivity (Wildman–Crippen MR) is 61.2 cm³/mol. The second kappa shape index (κ2) is 5.27. The SMILES string of the molecule is COCC1CCN(Cc2ccc(O)cn2)C1. The standard InChI is InChI=1S/C12H18N2O2/c1-16-9-10-4-5-14(7-10)8-11-2-3-12(15)6-13-11/h2-3,6,10,15H,4-5,7-9H2,1H3. The number of methoxy groups -OCH3 is 1. The fourth-order valence-electron chi connectivity index (χ4n) is 2.17. The first-order valence-electron chi connectivity index (χ1n) is 5.63. The third kappa shape index (κ3) is 2.93. The van der Waals surface area contributed by atoms with E-state index in [0.29, 0.717) is 5.92 Å². The number of aromatic nitrogens is 1. The molecule has 1 saturated heterocycles. The number of hydrogen-bond acceptors (Lipinski definition) is 4. The molecule has 4 nitrogen and oxygen atoms in total. The quantitative estimate of drug-likeness (QED) is 0.833. The van der Waals surface area contributed by atoms with Gasteiger partial charge in [-0.2, -0.15) is 0 Å². The first-order chi connectivity index (χ1) is 7.78. The Labute approximate surface area is 95.9 Å². The molecule has 2 rings (SSSR count). The van der Waals surface area contributed by atoms with Crippen LogP contribution in [0.1, 0.15) is 12.1 Å². The molecule has 1 aromatic heterocycles. The molecule has 1 aliphatic rings. The van der Waals surface area contributed by atoms with Crippen molar-refractivity contribution in [2.75, 3.05) is 26.8 Å². The fraction of sp³-hybridized carbons (Fsp3) is 0.583. The van der Waals surface area contributed by atoms with Crippen molar-refractivity contribution < 1.29 is 9.84 Å². The van der Waals surface area contributed by atoms with Crippen LogP contribution in [0.3, 0.4) is 0 Å². The van der Waals surface area contributed by atoms with Crippen molar-refractivity contribution in [3.8, 4) is 5.75 Å². The lowest BCUT2D eigenvalue weighted by molar-refractivity contribution is 0.152. The minimum absolute atomic E-state index is 0.224. The minimum Gasteiger partial charge on any atom is -0.506 e. The summed E-state index contributed by atoms with van der Waals surface area (Å²) in [5.74, 6) is 0.879. The Kier molecular flexibility index (Phi) is 3.74. The van der Waals surface area contributed by atoms with Gasteiger partial charge in [-0.25, -0.2) is 0 Å². The van der Waals surface area contributed by atoms with E-state index in [1.54, 1.807) is 13.2 Å². The van der Waals surface area contributed by atoms with E-state index in [0.717, 1.165) is 31.9 Å². The highest BCUT2D eigenvalue weighted by Crippen LogP contribution is 2.18. The van der Waals surface area contributed by atoms with Gasteiger partial charge in [-0.1, -0.05) is 0 Å². The zero-order chi connectivity index (χ0) is 11.4. The van der Waals surface area contributed by atoms with Gasteiger partial charge in [0, 0.05) is 20.2 Å². The van der Waals surface area contributed by atoms with Gasteiger partial charge in [0.25, 0.3) is 0 Å². The molecule has 88 valence electrons. The minimum atomic E-state index is 0.224. The van der Waals surface area contributed by atoms with Gasteiger partial charge in [-0.3, -0.25) is 9.88 Å². The van der Waals surface area contributed by atoms with Gasteiger partial charge in [0.15, 0.2) is 0 Å². The third-order valence-electron chi connectivity index (χ3n) is 2.97. The lowest BCUT2D eigenvalue weighted by Crippen LogP contribution is -2.21. The zero-order valence-electron chi connectivity index (χ0n) is 9.59. The Balaban J connectivity index is 1.84. The van der Waals surface area contributed by atoms with E-state index in [-0.39, 0.29) is 5.75 Å². The van der Waals surface area contributed by atoms with Crippen molar-refractivity contribution in [1.82, 2.24) is 9.88 Å². The first kappa shape index (κ1) is 11.4. The molecule has 1 fully saturated rings. The van der Waals surface area contributed by atoms with Crippen molar-refractivity contribution in [1.29, 1.82) is 0 Å². The summed E-state index contributed by atoms with van der Waals surface area (Å²) in [6, 6.07) is 3.56. The number of hydrogen-bond donors (Lipinski definition) is 1. The van der Waals surface area contributed by atoms with Crippen LogP contribution in [0.4, 0.5) is 0 Å². The summed E-state index contributed by atoms with van der Waals surface area (Å²) in [6.45, 7) is 3.90. The average molecular weight is 222 g/mol. The Morgan fingerprint density at radius 3 is 3.12 bits per heavy atom. The molecule has 1 aromatic rings. The van der Waals surface area contributed by atoms with Crippen LogP contribution in [0.15, 0.2) is 18.3 Å². The molecule has 16 heavy (non-hydrogen) atoms. The molecule has 0 aromatic carbocycles. The van der Waals surface area contributed by atoms with Crippen LogP contribution >= 0.6 is 0 Å². The van der Waals surface area contributed by atoms with Gasteiger partial charge in [-0.05, 0) is 31.0 Å². The lowest BCUT2D eigenvalue weighted by Gasteiger charge is -2.15. The van der Waals surface area contributed by atoms with Crippen LogP contribution in [0.2, 0.25) is 0 Å². The maximum Gasteiger partial charge on any atom is 0.133 e. The Morgan fingerprint density at radius 2 is 2.44 bits per heavy atom. The van der Waals surface area contributed by atoms with E-state index < -0.39 is 0 Å². The molecule has 1 unspecified atom stereocenters. The lowest BCUT2D eigenvalue weighted by atomic mass is 10.1. The highest BCUT2D eigenvalue weighted by atomic mass is 16.5. The van der Waals surface area contributed by atoms with Crippen molar-refractivity contribution in [3.05, 3.63) is 24.0 Å². The van der Waals surface area contributed by atoms with Crippen LogP contribution in [0, 0.1) is 5.92 Å². The molecule has 0 aliphatic carbocycles.